The Bertz CT molecular complexity index is 761. The number of carbonyl (C=O) groups is 1. The topological polar surface area (TPSA) is 60.2 Å². The van der Waals surface area contributed by atoms with E-state index in [9.17, 15) is 9.18 Å². The number of ether oxygens (including phenoxy) is 1. The van der Waals surface area contributed by atoms with Gasteiger partial charge in [-0.2, -0.15) is 5.10 Å². The van der Waals surface area contributed by atoms with E-state index in [-0.39, 0.29) is 23.6 Å². The number of carbonyl (C=O) groups excluding carboxylic acids is 1. The number of hydrogen-bond donors (Lipinski definition) is 0. The number of hydrogen-bond acceptors (Lipinski definition) is 4. The second kappa shape index (κ2) is 7.57. The first kappa shape index (κ1) is 17.3. The summed E-state index contributed by atoms with van der Waals surface area (Å²) in [6.07, 6.45) is 9.06. The molecule has 0 radical (unpaired) electrons. The predicted molar refractivity (Wildman–Crippen MR) is 90.5 cm³/mol. The average Bonchev–Trinajstić information content (AvgIpc) is 3.19. The Morgan fingerprint density at radius 3 is 3.04 bits per heavy atom. The summed E-state index contributed by atoms with van der Waals surface area (Å²) in [5.74, 6) is -0.943. The van der Waals surface area contributed by atoms with Gasteiger partial charge in [-0.3, -0.25) is 14.5 Å². The van der Waals surface area contributed by atoms with Crippen LogP contribution >= 0.6 is 0 Å². The maximum absolute atomic E-state index is 14.0. The molecular formula is C18H21FN4O2. The first-order valence-corrected chi connectivity index (χ1v) is 8.20. The lowest BCUT2D eigenvalue weighted by atomic mass is 10.0. The highest BCUT2D eigenvalue weighted by Crippen LogP contribution is 2.26. The fourth-order valence-corrected chi connectivity index (χ4v) is 3.23. The fraction of sp³-hybridized carbons (Fsp3) is 0.389. The van der Waals surface area contributed by atoms with Gasteiger partial charge < -0.3 is 9.64 Å². The molecule has 2 atom stereocenters. The minimum absolute atomic E-state index is 0.0376. The quantitative estimate of drug-likeness (QED) is 0.752. The third-order valence-corrected chi connectivity index (χ3v) is 4.38. The van der Waals surface area contributed by atoms with Gasteiger partial charge >= 0.3 is 0 Å². The number of likely N-dealkylation sites (tertiary alicyclic amines) is 1. The highest BCUT2D eigenvalue weighted by molar-refractivity contribution is 5.94. The maximum Gasteiger partial charge on any atom is 0.257 e. The van der Waals surface area contributed by atoms with E-state index in [2.05, 4.69) is 16.7 Å². The lowest BCUT2D eigenvalue weighted by molar-refractivity contribution is 0.0377. The highest BCUT2D eigenvalue weighted by atomic mass is 19.1. The normalized spacial score (nSPS) is 20.0. The van der Waals surface area contributed by atoms with Crippen LogP contribution in [0, 0.1) is 5.82 Å². The van der Waals surface area contributed by atoms with Crippen molar-refractivity contribution in [2.24, 2.45) is 7.05 Å². The van der Waals surface area contributed by atoms with Crippen molar-refractivity contribution in [3.63, 3.8) is 0 Å². The Morgan fingerprint density at radius 2 is 2.36 bits per heavy atom. The van der Waals surface area contributed by atoms with Gasteiger partial charge in [0.1, 0.15) is 0 Å². The van der Waals surface area contributed by atoms with Crippen molar-refractivity contribution < 1.29 is 13.9 Å². The van der Waals surface area contributed by atoms with Crippen LogP contribution in [0.2, 0.25) is 0 Å². The van der Waals surface area contributed by atoms with Crippen molar-refractivity contribution in [3.8, 4) is 0 Å². The second-order valence-corrected chi connectivity index (χ2v) is 6.10. The molecule has 3 rings (SSSR count). The van der Waals surface area contributed by atoms with Crippen molar-refractivity contribution in [2.45, 2.75) is 25.0 Å². The summed E-state index contributed by atoms with van der Waals surface area (Å²) < 4.78 is 21.5. The van der Waals surface area contributed by atoms with Gasteiger partial charge in [0.2, 0.25) is 0 Å². The minimum atomic E-state index is -0.608. The molecule has 0 saturated carbocycles. The first-order valence-electron chi connectivity index (χ1n) is 8.20. The molecule has 7 heteroatoms. The summed E-state index contributed by atoms with van der Waals surface area (Å²) in [6, 6.07) is 1.24. The van der Waals surface area contributed by atoms with Crippen molar-refractivity contribution in [2.75, 3.05) is 13.2 Å². The highest BCUT2D eigenvalue weighted by Gasteiger charge is 2.38. The molecule has 2 aromatic rings. The van der Waals surface area contributed by atoms with Gasteiger partial charge in [0.15, 0.2) is 5.82 Å². The molecule has 25 heavy (non-hydrogen) atoms. The van der Waals surface area contributed by atoms with E-state index in [1.54, 1.807) is 21.9 Å². The predicted octanol–water partition coefficient (Wildman–Crippen LogP) is 1.98. The Kier molecular flexibility index (Phi) is 5.23. The van der Waals surface area contributed by atoms with E-state index in [0.29, 0.717) is 26.0 Å². The zero-order valence-corrected chi connectivity index (χ0v) is 14.1. The molecular weight excluding hydrogens is 323 g/mol. The molecule has 1 aliphatic heterocycles. The van der Waals surface area contributed by atoms with E-state index in [1.165, 1.54) is 12.3 Å². The zero-order chi connectivity index (χ0) is 17.8. The summed E-state index contributed by atoms with van der Waals surface area (Å²) >= 11 is 0. The molecule has 0 aliphatic carbocycles. The van der Waals surface area contributed by atoms with Gasteiger partial charge in [-0.05, 0) is 24.5 Å². The SMILES string of the molecule is C=CCO[C@H]1CCN(C(=O)c2ccncc2F)[C@@H]1Cc1cnn(C)c1. The van der Waals surface area contributed by atoms with Crippen molar-refractivity contribution >= 4 is 5.91 Å². The van der Waals surface area contributed by atoms with Crippen LogP contribution in [0.3, 0.4) is 0 Å². The van der Waals surface area contributed by atoms with Gasteiger partial charge in [0.25, 0.3) is 5.91 Å². The van der Waals surface area contributed by atoms with E-state index in [0.717, 1.165) is 11.8 Å². The summed E-state index contributed by atoms with van der Waals surface area (Å²) in [5, 5.41) is 4.18. The molecule has 0 spiro atoms. The number of amides is 1. The molecule has 0 unspecified atom stereocenters. The van der Waals surface area contributed by atoms with Crippen LogP contribution in [0.4, 0.5) is 4.39 Å². The number of aromatic nitrogens is 3. The molecule has 0 bridgehead atoms. The van der Waals surface area contributed by atoms with Crippen LogP contribution in [0.1, 0.15) is 22.3 Å². The molecule has 2 aromatic heterocycles. The van der Waals surface area contributed by atoms with Crippen molar-refractivity contribution in [1.82, 2.24) is 19.7 Å². The number of rotatable bonds is 6. The Balaban J connectivity index is 1.84. The van der Waals surface area contributed by atoms with E-state index < -0.39 is 5.82 Å². The third-order valence-electron chi connectivity index (χ3n) is 4.38. The Morgan fingerprint density at radius 1 is 1.52 bits per heavy atom. The Labute approximate surface area is 145 Å². The molecule has 1 saturated heterocycles. The minimum Gasteiger partial charge on any atom is -0.372 e. The summed E-state index contributed by atoms with van der Waals surface area (Å²) in [4.78, 5) is 18.3. The van der Waals surface area contributed by atoms with Crippen LogP contribution < -0.4 is 0 Å². The van der Waals surface area contributed by atoms with Crippen LogP contribution in [0.25, 0.3) is 0 Å². The van der Waals surface area contributed by atoms with E-state index >= 15 is 0 Å². The molecule has 1 amide bonds. The average molecular weight is 344 g/mol. The smallest absolute Gasteiger partial charge is 0.257 e. The summed E-state index contributed by atoms with van der Waals surface area (Å²) in [7, 11) is 1.85. The van der Waals surface area contributed by atoms with Crippen LogP contribution in [0.15, 0.2) is 43.5 Å². The Hall–Kier alpha value is -2.54. The van der Waals surface area contributed by atoms with Crippen LogP contribution in [-0.4, -0.2) is 50.9 Å². The number of nitrogens with zero attached hydrogens (tertiary/aromatic N) is 4. The van der Waals surface area contributed by atoms with Crippen molar-refractivity contribution in [1.29, 1.82) is 0 Å². The van der Waals surface area contributed by atoms with Gasteiger partial charge in [-0.1, -0.05) is 6.08 Å². The molecule has 0 N–H and O–H groups in total. The maximum atomic E-state index is 14.0. The van der Waals surface area contributed by atoms with E-state index in [1.807, 2.05) is 13.2 Å². The second-order valence-electron chi connectivity index (χ2n) is 6.10. The van der Waals surface area contributed by atoms with Gasteiger partial charge in [0, 0.05) is 26.0 Å². The number of aryl methyl sites for hydroxylation is 1. The van der Waals surface area contributed by atoms with E-state index in [4.69, 9.17) is 4.74 Å². The van der Waals surface area contributed by atoms with Gasteiger partial charge in [0.05, 0.1) is 36.7 Å². The van der Waals surface area contributed by atoms with Crippen molar-refractivity contribution in [3.05, 3.63) is 60.5 Å². The van der Waals surface area contributed by atoms with Gasteiger partial charge in [-0.25, -0.2) is 4.39 Å². The molecule has 132 valence electrons. The van der Waals surface area contributed by atoms with Crippen LogP contribution in [-0.2, 0) is 18.2 Å². The largest absolute Gasteiger partial charge is 0.372 e. The zero-order valence-electron chi connectivity index (χ0n) is 14.1. The molecule has 6 nitrogen and oxygen atoms in total. The third kappa shape index (κ3) is 3.76. The number of halogens is 1. The summed E-state index contributed by atoms with van der Waals surface area (Å²) in [6.45, 7) is 4.61. The van der Waals surface area contributed by atoms with Crippen LogP contribution in [0.5, 0.6) is 0 Å². The molecule has 1 fully saturated rings. The fourth-order valence-electron chi connectivity index (χ4n) is 3.23. The summed E-state index contributed by atoms with van der Waals surface area (Å²) in [5.41, 5.74) is 1.05. The molecule has 1 aliphatic rings. The standard InChI is InChI=1S/C18H21FN4O2/c1-3-8-25-17-5-7-23(16(17)9-13-10-21-22(2)12-13)18(24)14-4-6-20-11-15(14)19/h3-4,6,10-12,16-17H,1,5,7-9H2,2H3/t16-,17+/m1/s1. The molecule has 0 aromatic carbocycles. The number of pyridine rings is 1. The lowest BCUT2D eigenvalue weighted by Crippen LogP contribution is -2.42. The monoisotopic (exact) mass is 344 g/mol. The van der Waals surface area contributed by atoms with Gasteiger partial charge in [-0.15, -0.1) is 6.58 Å². The molecule has 3 heterocycles. The lowest BCUT2D eigenvalue weighted by Gasteiger charge is -2.28. The first-order chi connectivity index (χ1) is 12.1.